The second-order valence-corrected chi connectivity index (χ2v) is 9.65. The lowest BCUT2D eigenvalue weighted by Crippen LogP contribution is -2.49. The normalized spacial score (nSPS) is 18.2. The van der Waals surface area contributed by atoms with E-state index in [9.17, 15) is 13.2 Å². The average Bonchev–Trinajstić information content (AvgIpc) is 3.05. The Morgan fingerprint density at radius 3 is 2.74 bits per heavy atom. The van der Waals surface area contributed by atoms with Crippen LogP contribution in [-0.2, 0) is 16.6 Å². The number of nitrogens with zero attached hydrogens (tertiary/aromatic N) is 2. The average molecular weight is 410 g/mol. The first-order chi connectivity index (χ1) is 12.8. The van der Waals surface area contributed by atoms with Gasteiger partial charge in [0.2, 0.25) is 10.0 Å². The van der Waals surface area contributed by atoms with Crippen LogP contribution in [0.5, 0.6) is 5.75 Å². The zero-order chi connectivity index (χ0) is 19.4. The standard InChI is InChI=1S/C18H23N3O4S2/c1-13-19-16(12-26-13)11-25-17-7-5-14(6-8-17)18(22)20-15-4-3-9-21(10-15)27(2,23)24/h5-8,12,15H,3-4,9-11H2,1-2H3,(H,20,22). The van der Waals surface area contributed by atoms with Crippen molar-refractivity contribution in [2.24, 2.45) is 0 Å². The number of sulfonamides is 1. The fourth-order valence-corrected chi connectivity index (χ4v) is 4.47. The van der Waals surface area contributed by atoms with Crippen LogP contribution in [0.4, 0.5) is 0 Å². The third-order valence-corrected chi connectivity index (χ3v) is 6.45. The maximum absolute atomic E-state index is 12.4. The van der Waals surface area contributed by atoms with Crippen molar-refractivity contribution >= 4 is 27.3 Å². The molecule has 0 spiro atoms. The van der Waals surface area contributed by atoms with Crippen LogP contribution >= 0.6 is 11.3 Å². The Morgan fingerprint density at radius 1 is 1.37 bits per heavy atom. The van der Waals surface area contributed by atoms with Gasteiger partial charge in [0.15, 0.2) is 0 Å². The smallest absolute Gasteiger partial charge is 0.251 e. The van der Waals surface area contributed by atoms with E-state index in [0.717, 1.165) is 23.5 Å². The number of aryl methyl sites for hydroxylation is 1. The molecular formula is C18H23N3O4S2. The van der Waals surface area contributed by atoms with E-state index in [0.29, 0.717) is 31.0 Å². The molecule has 2 aromatic rings. The first kappa shape index (κ1) is 19.8. The fraction of sp³-hybridized carbons (Fsp3) is 0.444. The minimum Gasteiger partial charge on any atom is -0.487 e. The summed E-state index contributed by atoms with van der Waals surface area (Å²) < 4.78 is 30.5. The third kappa shape index (κ3) is 5.50. The number of carbonyl (C=O) groups excluding carboxylic acids is 1. The van der Waals surface area contributed by atoms with Gasteiger partial charge < -0.3 is 10.1 Å². The SMILES string of the molecule is Cc1nc(COc2ccc(C(=O)NC3CCCN(S(C)(=O)=O)C3)cc2)cs1. The van der Waals surface area contributed by atoms with E-state index in [-0.39, 0.29) is 11.9 Å². The van der Waals surface area contributed by atoms with Crippen molar-refractivity contribution in [2.75, 3.05) is 19.3 Å². The number of thiazole rings is 1. The number of carbonyl (C=O) groups is 1. The summed E-state index contributed by atoms with van der Waals surface area (Å²) in [6.45, 7) is 3.16. The van der Waals surface area contributed by atoms with Crippen LogP contribution in [0.15, 0.2) is 29.6 Å². The van der Waals surface area contributed by atoms with Gasteiger partial charge in [0.05, 0.1) is 17.0 Å². The molecule has 1 saturated heterocycles. The Balaban J connectivity index is 1.54. The van der Waals surface area contributed by atoms with E-state index in [1.165, 1.54) is 10.6 Å². The second kappa shape index (κ2) is 8.37. The molecule has 0 saturated carbocycles. The summed E-state index contributed by atoms with van der Waals surface area (Å²) in [6, 6.07) is 6.72. The summed E-state index contributed by atoms with van der Waals surface area (Å²) in [5.41, 5.74) is 1.40. The van der Waals surface area contributed by atoms with E-state index in [4.69, 9.17) is 4.74 Å². The number of nitrogens with one attached hydrogen (secondary N) is 1. The molecule has 3 rings (SSSR count). The molecule has 2 heterocycles. The van der Waals surface area contributed by atoms with E-state index >= 15 is 0 Å². The van der Waals surface area contributed by atoms with E-state index in [1.54, 1.807) is 35.6 Å². The zero-order valence-corrected chi connectivity index (χ0v) is 17.0. The van der Waals surface area contributed by atoms with Crippen LogP contribution in [0.3, 0.4) is 0 Å². The number of ether oxygens (including phenoxy) is 1. The monoisotopic (exact) mass is 409 g/mol. The quantitative estimate of drug-likeness (QED) is 0.790. The van der Waals surface area contributed by atoms with Gasteiger partial charge >= 0.3 is 0 Å². The van der Waals surface area contributed by atoms with Crippen LogP contribution in [0.1, 0.15) is 33.9 Å². The number of hydrogen-bond acceptors (Lipinski definition) is 6. The van der Waals surface area contributed by atoms with Crippen molar-refractivity contribution in [3.05, 3.63) is 45.9 Å². The summed E-state index contributed by atoms with van der Waals surface area (Å²) in [5.74, 6) is 0.454. The first-order valence-electron chi connectivity index (χ1n) is 8.71. The van der Waals surface area contributed by atoms with Crippen LogP contribution < -0.4 is 10.1 Å². The summed E-state index contributed by atoms with van der Waals surface area (Å²) >= 11 is 1.58. The molecule has 1 unspecified atom stereocenters. The van der Waals surface area contributed by atoms with Gasteiger partial charge in [0, 0.05) is 30.1 Å². The number of piperidine rings is 1. The topological polar surface area (TPSA) is 88.6 Å². The van der Waals surface area contributed by atoms with Crippen molar-refractivity contribution in [1.82, 2.24) is 14.6 Å². The fourth-order valence-electron chi connectivity index (χ4n) is 2.96. The van der Waals surface area contributed by atoms with E-state index < -0.39 is 10.0 Å². The number of amides is 1. The highest BCUT2D eigenvalue weighted by Crippen LogP contribution is 2.17. The predicted octanol–water partition coefficient (Wildman–Crippen LogP) is 2.18. The van der Waals surface area contributed by atoms with Gasteiger partial charge in [-0.05, 0) is 44.0 Å². The molecule has 1 aromatic carbocycles. The van der Waals surface area contributed by atoms with Crippen molar-refractivity contribution in [2.45, 2.75) is 32.4 Å². The van der Waals surface area contributed by atoms with Crippen molar-refractivity contribution < 1.29 is 17.9 Å². The maximum Gasteiger partial charge on any atom is 0.251 e. The van der Waals surface area contributed by atoms with E-state index in [2.05, 4.69) is 10.3 Å². The molecule has 1 aliphatic rings. The van der Waals surface area contributed by atoms with Crippen LogP contribution in [0.25, 0.3) is 0 Å². The molecule has 9 heteroatoms. The highest BCUT2D eigenvalue weighted by atomic mass is 32.2. The molecule has 7 nitrogen and oxygen atoms in total. The Bertz CT molecular complexity index is 894. The summed E-state index contributed by atoms with van der Waals surface area (Å²) in [5, 5.41) is 5.88. The lowest BCUT2D eigenvalue weighted by atomic mass is 10.1. The lowest BCUT2D eigenvalue weighted by molar-refractivity contribution is 0.0921. The third-order valence-electron chi connectivity index (χ3n) is 4.36. The lowest BCUT2D eigenvalue weighted by Gasteiger charge is -2.31. The molecular weight excluding hydrogens is 386 g/mol. The zero-order valence-electron chi connectivity index (χ0n) is 15.3. The summed E-state index contributed by atoms with van der Waals surface area (Å²) in [7, 11) is -3.23. The van der Waals surface area contributed by atoms with Gasteiger partial charge in [0.25, 0.3) is 5.91 Å². The molecule has 0 bridgehead atoms. The number of hydrogen-bond donors (Lipinski definition) is 1. The molecule has 1 aromatic heterocycles. The van der Waals surface area contributed by atoms with Crippen molar-refractivity contribution in [3.63, 3.8) is 0 Å². The predicted molar refractivity (Wildman–Crippen MR) is 105 cm³/mol. The molecule has 1 N–H and O–H groups in total. The molecule has 1 atom stereocenters. The van der Waals surface area contributed by atoms with Crippen LogP contribution in [0.2, 0.25) is 0 Å². The largest absolute Gasteiger partial charge is 0.487 e. The van der Waals surface area contributed by atoms with Gasteiger partial charge in [-0.25, -0.2) is 17.7 Å². The van der Waals surface area contributed by atoms with Crippen LogP contribution in [0, 0.1) is 6.92 Å². The van der Waals surface area contributed by atoms with Gasteiger partial charge in [-0.15, -0.1) is 11.3 Å². The number of benzene rings is 1. The van der Waals surface area contributed by atoms with Crippen molar-refractivity contribution in [3.8, 4) is 5.75 Å². The molecule has 0 radical (unpaired) electrons. The Kier molecular flexibility index (Phi) is 6.13. The Labute approximate surface area is 163 Å². The number of rotatable bonds is 6. The summed E-state index contributed by atoms with van der Waals surface area (Å²) in [6.07, 6.45) is 2.70. The first-order valence-corrected chi connectivity index (χ1v) is 11.4. The molecule has 1 aliphatic heterocycles. The second-order valence-electron chi connectivity index (χ2n) is 6.60. The number of aromatic nitrogens is 1. The molecule has 0 aliphatic carbocycles. The molecule has 27 heavy (non-hydrogen) atoms. The van der Waals surface area contributed by atoms with Crippen LogP contribution in [-0.4, -0.2) is 49.0 Å². The highest BCUT2D eigenvalue weighted by Gasteiger charge is 2.26. The van der Waals surface area contributed by atoms with Gasteiger partial charge in [-0.1, -0.05) is 0 Å². The van der Waals surface area contributed by atoms with E-state index in [1.807, 2.05) is 12.3 Å². The Hall–Kier alpha value is -1.97. The molecule has 146 valence electrons. The minimum absolute atomic E-state index is 0.176. The van der Waals surface area contributed by atoms with Gasteiger partial charge in [-0.2, -0.15) is 0 Å². The molecule has 1 amide bonds. The summed E-state index contributed by atoms with van der Waals surface area (Å²) in [4.78, 5) is 16.8. The molecule has 1 fully saturated rings. The minimum atomic E-state index is -3.23. The van der Waals surface area contributed by atoms with Crippen molar-refractivity contribution in [1.29, 1.82) is 0 Å². The Morgan fingerprint density at radius 2 is 2.11 bits per heavy atom. The van der Waals surface area contributed by atoms with Gasteiger partial charge in [-0.3, -0.25) is 4.79 Å². The van der Waals surface area contributed by atoms with Gasteiger partial charge in [0.1, 0.15) is 12.4 Å². The maximum atomic E-state index is 12.4. The highest BCUT2D eigenvalue weighted by molar-refractivity contribution is 7.88.